The Balaban J connectivity index is 1.20. The van der Waals surface area contributed by atoms with Crippen LogP contribution < -0.4 is 15.5 Å². The fourth-order valence-corrected chi connectivity index (χ4v) is 8.67. The third-order valence-electron chi connectivity index (χ3n) is 10.7. The zero-order chi connectivity index (χ0) is 34.7. The van der Waals surface area contributed by atoms with Crippen molar-refractivity contribution in [3.8, 4) is 0 Å². The van der Waals surface area contributed by atoms with E-state index in [1.807, 2.05) is 31.2 Å². The van der Waals surface area contributed by atoms with E-state index in [1.54, 1.807) is 20.8 Å². The Kier molecular flexibility index (Phi) is 12.2. The fourth-order valence-electron chi connectivity index (χ4n) is 8.26. The van der Waals surface area contributed by atoms with Gasteiger partial charge in [0.1, 0.15) is 11.6 Å². The number of nitrogens with one attached hydrogen (secondary N) is 2. The summed E-state index contributed by atoms with van der Waals surface area (Å²) in [6, 6.07) is 7.09. The summed E-state index contributed by atoms with van der Waals surface area (Å²) >= 11 is 12.0. The van der Waals surface area contributed by atoms with Gasteiger partial charge in [-0.1, -0.05) is 26.0 Å². The number of anilines is 1. The molecule has 4 aliphatic heterocycles. The first kappa shape index (κ1) is 37.4. The number of rotatable bonds is 13. The molecule has 1 spiro atoms. The first-order valence-electron chi connectivity index (χ1n) is 17.7. The number of carbonyl (C=O) groups is 2. The van der Waals surface area contributed by atoms with Crippen molar-refractivity contribution in [1.82, 2.24) is 10.6 Å². The second-order valence-corrected chi connectivity index (χ2v) is 16.1. The number of nitrogens with zero attached hydrogens (tertiary/aromatic N) is 1. The molecule has 4 heterocycles. The van der Waals surface area contributed by atoms with Crippen molar-refractivity contribution < 1.29 is 33.6 Å². The number of halogens is 2. The number of fused-ring (bicyclic) bond motifs is 2. The Morgan fingerprint density at radius 3 is 2.42 bits per heavy atom. The number of alkyl carbamates (subject to hydrolysis) is 1. The van der Waals surface area contributed by atoms with Gasteiger partial charge >= 0.3 is 6.09 Å². The van der Waals surface area contributed by atoms with E-state index in [-0.39, 0.29) is 23.8 Å². The van der Waals surface area contributed by atoms with Gasteiger partial charge in [-0.05, 0) is 95.2 Å². The zero-order valence-electron chi connectivity index (χ0n) is 29.4. The van der Waals surface area contributed by atoms with Crippen molar-refractivity contribution in [1.29, 1.82) is 0 Å². The highest BCUT2D eigenvalue weighted by Gasteiger charge is 2.69. The number of carbonyl (C=O) groups excluding carboxylic acids is 2. The molecule has 4 saturated heterocycles. The lowest BCUT2D eigenvalue weighted by molar-refractivity contribution is -0.571. The van der Waals surface area contributed by atoms with Crippen LogP contribution in [0.5, 0.6) is 0 Å². The Morgan fingerprint density at radius 2 is 1.75 bits per heavy atom. The Hall–Kier alpha value is -1.82. The Bertz CT molecular complexity index is 1240. The van der Waals surface area contributed by atoms with Gasteiger partial charge in [0.25, 0.3) is 0 Å². The normalized spacial score (nSPS) is 33.2. The molecule has 0 aromatic heterocycles. The highest BCUT2D eigenvalue weighted by Crippen LogP contribution is 2.60. The number of amides is 2. The second kappa shape index (κ2) is 15.6. The average Bonchev–Trinajstić information content (AvgIpc) is 3.26. The summed E-state index contributed by atoms with van der Waals surface area (Å²) in [5.74, 6) is 1.27. The largest absolute Gasteiger partial charge is 0.444 e. The molecule has 1 aromatic rings. The predicted octanol–water partition coefficient (Wildman–Crippen LogP) is 6.55. The molecule has 1 saturated carbocycles. The molecule has 5 fully saturated rings. The zero-order valence-corrected chi connectivity index (χ0v) is 30.9. The van der Waals surface area contributed by atoms with Gasteiger partial charge in [-0.25, -0.2) is 14.6 Å². The summed E-state index contributed by atoms with van der Waals surface area (Å²) < 4.78 is 18.7. The summed E-state index contributed by atoms with van der Waals surface area (Å²) in [6.45, 7) is 13.7. The highest BCUT2D eigenvalue weighted by atomic mass is 35.5. The molecule has 9 atom stereocenters. The number of ether oxygens (including phenoxy) is 3. The van der Waals surface area contributed by atoms with Gasteiger partial charge in [-0.3, -0.25) is 4.79 Å². The van der Waals surface area contributed by atoms with Gasteiger partial charge in [0.05, 0.1) is 6.10 Å². The first-order chi connectivity index (χ1) is 22.8. The van der Waals surface area contributed by atoms with E-state index in [2.05, 4.69) is 29.4 Å². The molecule has 48 heavy (non-hydrogen) atoms. The maximum atomic E-state index is 13.5. The summed E-state index contributed by atoms with van der Waals surface area (Å²) in [5.41, 5.74) is 0.632. The smallest absolute Gasteiger partial charge is 0.408 e. The van der Waals surface area contributed by atoms with E-state index in [4.69, 9.17) is 47.2 Å². The summed E-state index contributed by atoms with van der Waals surface area (Å²) in [4.78, 5) is 40.6. The fraction of sp³-hybridized carbons (Fsp3) is 0.778. The Morgan fingerprint density at radius 1 is 1.04 bits per heavy atom. The molecule has 6 rings (SSSR count). The second-order valence-electron chi connectivity index (χ2n) is 15.3. The van der Waals surface area contributed by atoms with Gasteiger partial charge in [0.2, 0.25) is 11.7 Å². The van der Waals surface area contributed by atoms with E-state index in [0.717, 1.165) is 43.4 Å². The van der Waals surface area contributed by atoms with E-state index in [1.165, 1.54) is 0 Å². The van der Waals surface area contributed by atoms with Crippen LogP contribution in [0.15, 0.2) is 24.3 Å². The predicted molar refractivity (Wildman–Crippen MR) is 186 cm³/mol. The SMILES string of the molecule is C[C@H]1[C@@H](CCCNC(=O)[C@@H](Cc2ccc(N(CCCl)CCCl)cc2)NC(=O)OC(C)(C)C)O[C@@H]2OC3(C)CCC4[C@H](C)CC[C@@H]1C42OO3. The van der Waals surface area contributed by atoms with Crippen LogP contribution in [0.2, 0.25) is 0 Å². The van der Waals surface area contributed by atoms with Gasteiger partial charge in [-0.15, -0.1) is 23.2 Å². The lowest BCUT2D eigenvalue weighted by atomic mass is 9.57. The molecule has 1 aromatic carbocycles. The maximum Gasteiger partial charge on any atom is 0.408 e. The van der Waals surface area contributed by atoms with Crippen LogP contribution in [-0.4, -0.2) is 78.8 Å². The molecular formula is C36H55Cl2N3O7. The molecule has 0 radical (unpaired) electrons. The number of benzene rings is 1. The van der Waals surface area contributed by atoms with Gasteiger partial charge in [-0.2, -0.15) is 0 Å². The quantitative estimate of drug-likeness (QED) is 0.135. The lowest BCUT2D eigenvalue weighted by Crippen LogP contribution is -2.70. The minimum atomic E-state index is -0.814. The summed E-state index contributed by atoms with van der Waals surface area (Å²) in [6.07, 6.45) is 4.63. The molecule has 2 amide bonds. The van der Waals surface area contributed by atoms with Crippen molar-refractivity contribution in [3.05, 3.63) is 29.8 Å². The van der Waals surface area contributed by atoms with Crippen LogP contribution in [-0.2, 0) is 35.2 Å². The van der Waals surface area contributed by atoms with Crippen molar-refractivity contribution in [2.75, 3.05) is 36.3 Å². The monoisotopic (exact) mass is 711 g/mol. The van der Waals surface area contributed by atoms with Gasteiger partial charge < -0.3 is 29.7 Å². The van der Waals surface area contributed by atoms with Gasteiger partial charge in [0.15, 0.2) is 11.9 Å². The first-order valence-corrected chi connectivity index (χ1v) is 18.8. The molecule has 10 nitrogen and oxygen atoms in total. The third-order valence-corrected chi connectivity index (χ3v) is 11.1. The molecule has 5 aliphatic rings. The molecule has 270 valence electrons. The van der Waals surface area contributed by atoms with Crippen LogP contribution in [0.4, 0.5) is 10.5 Å². The van der Waals surface area contributed by atoms with Crippen molar-refractivity contribution in [2.45, 2.75) is 122 Å². The van der Waals surface area contributed by atoms with Crippen molar-refractivity contribution in [2.24, 2.45) is 23.7 Å². The number of alkyl halides is 2. The van der Waals surface area contributed by atoms with E-state index < -0.39 is 35.4 Å². The van der Waals surface area contributed by atoms with Crippen LogP contribution in [0.1, 0.15) is 85.6 Å². The molecule has 2 bridgehead atoms. The minimum absolute atomic E-state index is 0.0329. The third kappa shape index (κ3) is 8.37. The van der Waals surface area contributed by atoms with E-state index >= 15 is 0 Å². The average molecular weight is 713 g/mol. The highest BCUT2D eigenvalue weighted by molar-refractivity contribution is 6.18. The standard InChI is InChI=1S/C36H55Cl2N3O7/c1-23-9-14-28-24(2)30(44-32-36(28)27(23)15-16-35(6,45-32)47-48-36)8-7-19-39-31(42)29(40-33(43)46-34(3,4)5)22-25-10-12-26(13-11-25)41(20-17-37)21-18-38/h10-13,23-24,27-30,32H,7-9,14-22H2,1-6H3,(H,39,42)(H,40,43)/t23-,24-,27?,28+,29-,30-,32-,35?,36?/m1/s1. The molecule has 1 aliphatic carbocycles. The van der Waals surface area contributed by atoms with Crippen LogP contribution in [0, 0.1) is 23.7 Å². The van der Waals surface area contributed by atoms with E-state index in [0.29, 0.717) is 56.1 Å². The van der Waals surface area contributed by atoms with Crippen molar-refractivity contribution in [3.63, 3.8) is 0 Å². The molecule has 2 N–H and O–H groups in total. The molecule has 12 heteroatoms. The lowest BCUT2D eigenvalue weighted by Gasteiger charge is -2.60. The maximum absolute atomic E-state index is 13.5. The summed E-state index contributed by atoms with van der Waals surface area (Å²) in [7, 11) is 0. The van der Waals surface area contributed by atoms with Gasteiger partial charge in [0, 0.05) is 55.8 Å². The van der Waals surface area contributed by atoms with E-state index in [9.17, 15) is 9.59 Å². The molecular weight excluding hydrogens is 657 g/mol. The Labute approximate surface area is 296 Å². The molecule has 3 unspecified atom stereocenters. The minimum Gasteiger partial charge on any atom is -0.444 e. The number of hydrogen-bond donors (Lipinski definition) is 2. The summed E-state index contributed by atoms with van der Waals surface area (Å²) in [5, 5.41) is 5.85. The van der Waals surface area contributed by atoms with Crippen LogP contribution in [0.25, 0.3) is 0 Å². The number of hydrogen-bond acceptors (Lipinski definition) is 8. The van der Waals surface area contributed by atoms with Crippen LogP contribution >= 0.6 is 23.2 Å². The van der Waals surface area contributed by atoms with Crippen LogP contribution in [0.3, 0.4) is 0 Å². The van der Waals surface area contributed by atoms with Crippen molar-refractivity contribution >= 4 is 40.9 Å². The topological polar surface area (TPSA) is 108 Å².